The first-order valence-electron chi connectivity index (χ1n) is 12.6. The van der Waals surface area contributed by atoms with Crippen LogP contribution in [0.25, 0.3) is 10.8 Å². The molecule has 2 aromatic rings. The van der Waals surface area contributed by atoms with Crippen LogP contribution in [0.15, 0.2) is 42.5 Å². The molecule has 0 saturated carbocycles. The quantitative estimate of drug-likeness (QED) is 0.260. The Labute approximate surface area is 218 Å². The van der Waals surface area contributed by atoms with Crippen molar-refractivity contribution in [1.82, 2.24) is 10.6 Å². The van der Waals surface area contributed by atoms with Crippen LogP contribution in [0.1, 0.15) is 50.9 Å². The number of amides is 2. The number of hydrogen-bond acceptors (Lipinski definition) is 7. The summed E-state index contributed by atoms with van der Waals surface area (Å²) in [5.41, 5.74) is 0.495. The average Bonchev–Trinajstić information content (AvgIpc) is 2.87. The van der Waals surface area contributed by atoms with Crippen molar-refractivity contribution in [2.45, 2.75) is 65.0 Å². The van der Waals surface area contributed by atoms with Crippen LogP contribution in [0.4, 0.5) is 0 Å². The Bertz CT molecular complexity index is 1040. The van der Waals surface area contributed by atoms with Gasteiger partial charge in [-0.2, -0.15) is 0 Å². The molecule has 0 aliphatic heterocycles. The molecule has 204 valence electrons. The summed E-state index contributed by atoms with van der Waals surface area (Å²) in [5.74, 6) is -1.87. The van der Waals surface area contributed by atoms with Crippen LogP contribution < -0.4 is 10.6 Å². The lowest BCUT2D eigenvalue weighted by atomic mass is 9.91. The molecule has 3 N–H and O–H groups in total. The first kappa shape index (κ1) is 30.2. The summed E-state index contributed by atoms with van der Waals surface area (Å²) in [6, 6.07) is 11.9. The van der Waals surface area contributed by atoms with Gasteiger partial charge in [0, 0.05) is 25.7 Å². The lowest BCUT2D eigenvalue weighted by Crippen LogP contribution is -2.50. The van der Waals surface area contributed by atoms with E-state index in [2.05, 4.69) is 10.6 Å². The van der Waals surface area contributed by atoms with Crippen molar-refractivity contribution in [1.29, 1.82) is 0 Å². The minimum atomic E-state index is -0.977. The van der Waals surface area contributed by atoms with Crippen molar-refractivity contribution in [2.24, 2.45) is 11.8 Å². The number of methoxy groups -OCH3 is 2. The Morgan fingerprint density at radius 1 is 0.946 bits per heavy atom. The normalized spacial score (nSPS) is 14.7. The van der Waals surface area contributed by atoms with Crippen LogP contribution in [0.5, 0.6) is 0 Å². The largest absolute Gasteiger partial charge is 0.466 e. The standard InChI is InChI=1S/C28H40N2O7/c1-7-37-24(32)16-22(28(35-5)36-6)29-26(33)18(4)14-23(31)25(17(2)3)30-27(34)21-13-12-19-10-8-9-11-20(19)15-21/h8-13,15,17-18,22-23,25,28,31H,7,14,16H2,1-6H3,(H,29,33)(H,30,34). The van der Waals surface area contributed by atoms with Crippen LogP contribution in [0.3, 0.4) is 0 Å². The lowest BCUT2D eigenvalue weighted by Gasteiger charge is -2.30. The number of ether oxygens (including phenoxy) is 3. The fourth-order valence-corrected chi connectivity index (χ4v) is 4.25. The predicted molar refractivity (Wildman–Crippen MR) is 141 cm³/mol. The van der Waals surface area contributed by atoms with E-state index in [4.69, 9.17) is 14.2 Å². The second-order valence-electron chi connectivity index (χ2n) is 9.47. The lowest BCUT2D eigenvalue weighted by molar-refractivity contribution is -0.155. The molecule has 4 atom stereocenters. The molecule has 0 fully saturated rings. The molecule has 0 saturated heterocycles. The average molecular weight is 517 g/mol. The Morgan fingerprint density at radius 3 is 2.19 bits per heavy atom. The molecular formula is C28H40N2O7. The van der Waals surface area contributed by atoms with Crippen LogP contribution in [-0.2, 0) is 23.8 Å². The highest BCUT2D eigenvalue weighted by Gasteiger charge is 2.31. The van der Waals surface area contributed by atoms with E-state index in [9.17, 15) is 19.5 Å². The van der Waals surface area contributed by atoms with E-state index in [-0.39, 0.29) is 37.2 Å². The van der Waals surface area contributed by atoms with Gasteiger partial charge in [0.25, 0.3) is 5.91 Å². The Morgan fingerprint density at radius 2 is 1.59 bits per heavy atom. The molecule has 0 heterocycles. The van der Waals surface area contributed by atoms with Gasteiger partial charge in [0.2, 0.25) is 5.91 Å². The number of aliphatic hydroxyl groups is 1. The summed E-state index contributed by atoms with van der Waals surface area (Å²) in [5, 5.41) is 18.7. The summed E-state index contributed by atoms with van der Waals surface area (Å²) in [6.45, 7) is 7.39. The smallest absolute Gasteiger partial charge is 0.308 e. The molecule has 9 nitrogen and oxygen atoms in total. The first-order chi connectivity index (χ1) is 17.6. The maximum atomic E-state index is 13.0. The number of nitrogens with one attached hydrogen (secondary N) is 2. The van der Waals surface area contributed by atoms with E-state index in [0.29, 0.717) is 5.56 Å². The number of hydrogen-bond donors (Lipinski definition) is 3. The summed E-state index contributed by atoms with van der Waals surface area (Å²) in [7, 11) is 2.83. The zero-order chi connectivity index (χ0) is 27.5. The van der Waals surface area contributed by atoms with E-state index in [1.54, 1.807) is 19.9 Å². The van der Waals surface area contributed by atoms with Gasteiger partial charge in [-0.1, -0.05) is 51.1 Å². The van der Waals surface area contributed by atoms with Crippen LogP contribution >= 0.6 is 0 Å². The number of carbonyl (C=O) groups is 3. The van der Waals surface area contributed by atoms with Gasteiger partial charge in [-0.15, -0.1) is 0 Å². The van der Waals surface area contributed by atoms with Gasteiger partial charge in [0.05, 0.1) is 31.2 Å². The molecule has 0 aliphatic carbocycles. The zero-order valence-corrected chi connectivity index (χ0v) is 22.5. The second kappa shape index (κ2) is 14.7. The highest BCUT2D eigenvalue weighted by molar-refractivity contribution is 5.98. The van der Waals surface area contributed by atoms with Gasteiger partial charge in [-0.25, -0.2) is 0 Å². The molecule has 2 rings (SSSR count). The van der Waals surface area contributed by atoms with Crippen molar-refractivity contribution in [3.05, 3.63) is 48.0 Å². The van der Waals surface area contributed by atoms with Gasteiger partial charge in [-0.3, -0.25) is 14.4 Å². The summed E-state index contributed by atoms with van der Waals surface area (Å²) < 4.78 is 15.5. The number of carbonyl (C=O) groups excluding carboxylic acids is 3. The minimum Gasteiger partial charge on any atom is -0.466 e. The summed E-state index contributed by atoms with van der Waals surface area (Å²) in [6.07, 6.45) is -1.86. The molecule has 9 heteroatoms. The van der Waals surface area contributed by atoms with Gasteiger partial charge >= 0.3 is 5.97 Å². The highest BCUT2D eigenvalue weighted by atomic mass is 16.7. The van der Waals surface area contributed by atoms with E-state index < -0.39 is 36.4 Å². The monoisotopic (exact) mass is 516 g/mol. The van der Waals surface area contributed by atoms with Gasteiger partial charge in [0.15, 0.2) is 6.29 Å². The van der Waals surface area contributed by atoms with Gasteiger partial charge in [-0.05, 0) is 42.2 Å². The minimum absolute atomic E-state index is 0.0856. The van der Waals surface area contributed by atoms with Crippen LogP contribution in [0.2, 0.25) is 0 Å². The first-order valence-corrected chi connectivity index (χ1v) is 12.6. The Hall–Kier alpha value is -3.01. The van der Waals surface area contributed by atoms with Gasteiger partial charge < -0.3 is 30.0 Å². The van der Waals surface area contributed by atoms with Crippen molar-refractivity contribution in [3.8, 4) is 0 Å². The van der Waals surface area contributed by atoms with Crippen molar-refractivity contribution >= 4 is 28.6 Å². The third-order valence-electron chi connectivity index (χ3n) is 6.30. The summed E-state index contributed by atoms with van der Waals surface area (Å²) >= 11 is 0. The van der Waals surface area contributed by atoms with Crippen LogP contribution in [0, 0.1) is 11.8 Å². The molecule has 0 aromatic heterocycles. The number of benzene rings is 2. The van der Waals surface area contributed by atoms with Crippen molar-refractivity contribution < 1.29 is 33.7 Å². The molecule has 2 amide bonds. The number of rotatable bonds is 14. The van der Waals surface area contributed by atoms with E-state index >= 15 is 0 Å². The van der Waals surface area contributed by atoms with E-state index in [1.165, 1.54) is 14.2 Å². The summed E-state index contributed by atoms with van der Waals surface area (Å²) in [4.78, 5) is 38.0. The van der Waals surface area contributed by atoms with E-state index in [1.807, 2.05) is 50.2 Å². The molecule has 0 spiro atoms. The second-order valence-corrected chi connectivity index (χ2v) is 9.47. The predicted octanol–water partition coefficient (Wildman–Crippen LogP) is 3.04. The SMILES string of the molecule is CCOC(=O)CC(NC(=O)C(C)CC(O)C(NC(=O)c1ccc2ccccc2c1)C(C)C)C(OC)OC. The fourth-order valence-electron chi connectivity index (χ4n) is 4.25. The molecular weight excluding hydrogens is 476 g/mol. The molecule has 2 aromatic carbocycles. The molecule has 37 heavy (non-hydrogen) atoms. The number of fused-ring (bicyclic) bond motifs is 1. The maximum absolute atomic E-state index is 13.0. The Kier molecular flexibility index (Phi) is 12.0. The van der Waals surface area contributed by atoms with Crippen molar-refractivity contribution in [2.75, 3.05) is 20.8 Å². The number of esters is 1. The van der Waals surface area contributed by atoms with Gasteiger partial charge in [0.1, 0.15) is 0 Å². The molecule has 4 unspecified atom stereocenters. The fraction of sp³-hybridized carbons (Fsp3) is 0.536. The third-order valence-corrected chi connectivity index (χ3v) is 6.30. The molecule has 0 radical (unpaired) electrons. The van der Waals surface area contributed by atoms with Crippen molar-refractivity contribution in [3.63, 3.8) is 0 Å². The molecule has 0 bridgehead atoms. The zero-order valence-electron chi connectivity index (χ0n) is 22.5. The Balaban J connectivity index is 2.05. The van der Waals surface area contributed by atoms with E-state index in [0.717, 1.165) is 10.8 Å². The third kappa shape index (κ3) is 8.80. The maximum Gasteiger partial charge on any atom is 0.308 e. The van der Waals surface area contributed by atoms with Crippen LogP contribution in [-0.4, -0.2) is 68.2 Å². The molecule has 0 aliphatic rings. The topological polar surface area (TPSA) is 123 Å². The number of aliphatic hydroxyl groups excluding tert-OH is 1. The highest BCUT2D eigenvalue weighted by Crippen LogP contribution is 2.19.